The van der Waals surface area contributed by atoms with E-state index in [1.807, 2.05) is 20.8 Å². The van der Waals surface area contributed by atoms with Crippen LogP contribution in [0.15, 0.2) is 4.42 Å². The number of furan rings is 1. The number of carbonyl (C=O) groups is 1. The maximum atomic E-state index is 12.2. The fourth-order valence-corrected chi connectivity index (χ4v) is 2.66. The van der Waals surface area contributed by atoms with Crippen molar-refractivity contribution < 1.29 is 9.21 Å². The second-order valence-corrected chi connectivity index (χ2v) is 5.42. The number of aryl methyl sites for hydroxylation is 2. The molecule has 0 bridgehead atoms. The van der Waals surface area contributed by atoms with Gasteiger partial charge in [0.25, 0.3) is 5.91 Å². The van der Waals surface area contributed by atoms with Crippen LogP contribution in [-0.4, -0.2) is 50.1 Å². The van der Waals surface area contributed by atoms with Crippen LogP contribution in [0, 0.1) is 20.8 Å². The molecule has 1 saturated heterocycles. The highest BCUT2D eigenvalue weighted by Crippen LogP contribution is 2.20. The van der Waals surface area contributed by atoms with Crippen molar-refractivity contribution >= 4 is 5.91 Å². The van der Waals surface area contributed by atoms with Gasteiger partial charge in [-0.15, -0.1) is 0 Å². The molecule has 0 aromatic carbocycles. The number of rotatable bonds is 5. The van der Waals surface area contributed by atoms with Crippen molar-refractivity contribution in [1.82, 2.24) is 15.5 Å². The Labute approximate surface area is 120 Å². The molecule has 0 aliphatic carbocycles. The lowest BCUT2D eigenvalue weighted by Gasteiger charge is -2.27. The molecule has 0 saturated carbocycles. The molecule has 2 heterocycles. The molecule has 0 unspecified atom stereocenters. The zero-order valence-electron chi connectivity index (χ0n) is 12.7. The van der Waals surface area contributed by atoms with Gasteiger partial charge in [0.05, 0.1) is 5.56 Å². The summed E-state index contributed by atoms with van der Waals surface area (Å²) in [4.78, 5) is 14.6. The van der Waals surface area contributed by atoms with Gasteiger partial charge >= 0.3 is 0 Å². The highest BCUT2D eigenvalue weighted by molar-refractivity contribution is 5.96. The van der Waals surface area contributed by atoms with E-state index < -0.39 is 0 Å². The van der Waals surface area contributed by atoms with Gasteiger partial charge in [-0.05, 0) is 33.7 Å². The van der Waals surface area contributed by atoms with E-state index in [9.17, 15) is 4.79 Å². The van der Waals surface area contributed by atoms with Crippen molar-refractivity contribution in [2.75, 3.05) is 39.3 Å². The minimum absolute atomic E-state index is 0.0165. The Balaban J connectivity index is 1.74. The van der Waals surface area contributed by atoms with Crippen molar-refractivity contribution in [2.45, 2.75) is 27.2 Å². The van der Waals surface area contributed by atoms with E-state index in [0.29, 0.717) is 17.9 Å². The van der Waals surface area contributed by atoms with Gasteiger partial charge in [-0.2, -0.15) is 0 Å². The first-order valence-corrected chi connectivity index (χ1v) is 7.37. The van der Waals surface area contributed by atoms with Gasteiger partial charge in [0.2, 0.25) is 0 Å². The lowest BCUT2D eigenvalue weighted by Crippen LogP contribution is -2.44. The van der Waals surface area contributed by atoms with Crippen LogP contribution in [0.2, 0.25) is 0 Å². The molecule has 1 fully saturated rings. The van der Waals surface area contributed by atoms with Crippen LogP contribution in [0.1, 0.15) is 33.9 Å². The third-order valence-electron chi connectivity index (χ3n) is 3.93. The summed E-state index contributed by atoms with van der Waals surface area (Å²) in [5.41, 5.74) is 1.65. The van der Waals surface area contributed by atoms with E-state index in [0.717, 1.165) is 50.5 Å². The molecule has 5 nitrogen and oxygen atoms in total. The average molecular weight is 279 g/mol. The minimum Gasteiger partial charge on any atom is -0.466 e. The van der Waals surface area contributed by atoms with E-state index in [1.54, 1.807) is 0 Å². The molecule has 2 rings (SSSR count). The molecule has 112 valence electrons. The molecule has 1 amide bonds. The summed E-state index contributed by atoms with van der Waals surface area (Å²) in [5, 5.41) is 6.33. The van der Waals surface area contributed by atoms with Crippen LogP contribution in [0.5, 0.6) is 0 Å². The van der Waals surface area contributed by atoms with Crippen molar-refractivity contribution in [1.29, 1.82) is 0 Å². The van der Waals surface area contributed by atoms with Crippen molar-refractivity contribution in [3.05, 3.63) is 22.6 Å². The maximum absolute atomic E-state index is 12.2. The molecule has 0 radical (unpaired) electrons. The van der Waals surface area contributed by atoms with Crippen molar-refractivity contribution in [3.63, 3.8) is 0 Å². The van der Waals surface area contributed by atoms with E-state index in [4.69, 9.17) is 4.42 Å². The number of nitrogens with one attached hydrogen (secondary N) is 2. The topological polar surface area (TPSA) is 57.5 Å². The number of amides is 1. The van der Waals surface area contributed by atoms with E-state index >= 15 is 0 Å². The molecule has 1 aliphatic rings. The van der Waals surface area contributed by atoms with Crippen LogP contribution in [0.4, 0.5) is 0 Å². The van der Waals surface area contributed by atoms with Crippen LogP contribution < -0.4 is 10.6 Å². The second kappa shape index (κ2) is 6.90. The summed E-state index contributed by atoms with van der Waals surface area (Å²) in [7, 11) is 0. The molecule has 1 aliphatic heterocycles. The highest BCUT2D eigenvalue weighted by Gasteiger charge is 2.18. The normalized spacial score (nSPS) is 16.4. The molecule has 0 atom stereocenters. The molecular weight excluding hydrogens is 254 g/mol. The summed E-state index contributed by atoms with van der Waals surface area (Å²) in [6, 6.07) is 0. The minimum atomic E-state index is -0.0165. The molecular formula is C15H25N3O2. The quantitative estimate of drug-likeness (QED) is 0.796. The van der Waals surface area contributed by atoms with E-state index in [2.05, 4.69) is 15.5 Å². The van der Waals surface area contributed by atoms with Gasteiger partial charge in [0, 0.05) is 38.3 Å². The predicted molar refractivity (Wildman–Crippen MR) is 79.2 cm³/mol. The van der Waals surface area contributed by atoms with Crippen LogP contribution in [0.25, 0.3) is 0 Å². The zero-order chi connectivity index (χ0) is 14.5. The fraction of sp³-hybridized carbons (Fsp3) is 0.667. The van der Waals surface area contributed by atoms with Gasteiger partial charge < -0.3 is 20.0 Å². The zero-order valence-corrected chi connectivity index (χ0v) is 12.7. The number of nitrogens with zero attached hydrogens (tertiary/aromatic N) is 1. The first-order valence-electron chi connectivity index (χ1n) is 7.37. The summed E-state index contributed by atoms with van der Waals surface area (Å²) in [6.07, 6.45) is 0.987. The summed E-state index contributed by atoms with van der Waals surface area (Å²) in [6.45, 7) is 11.8. The van der Waals surface area contributed by atoms with Gasteiger partial charge in [-0.25, -0.2) is 0 Å². The monoisotopic (exact) mass is 279 g/mol. The lowest BCUT2D eigenvalue weighted by molar-refractivity contribution is 0.0949. The van der Waals surface area contributed by atoms with Gasteiger partial charge in [-0.3, -0.25) is 4.79 Å². The lowest BCUT2D eigenvalue weighted by atomic mass is 10.1. The number of hydrogen-bond acceptors (Lipinski definition) is 4. The molecule has 2 N–H and O–H groups in total. The number of carbonyl (C=O) groups excluding carboxylic acids is 1. The first-order chi connectivity index (χ1) is 9.59. The van der Waals surface area contributed by atoms with Crippen LogP contribution >= 0.6 is 0 Å². The number of hydrogen-bond donors (Lipinski definition) is 2. The smallest absolute Gasteiger partial charge is 0.255 e. The third-order valence-corrected chi connectivity index (χ3v) is 3.93. The molecule has 1 aromatic rings. The largest absolute Gasteiger partial charge is 0.466 e. The molecule has 0 spiro atoms. The third kappa shape index (κ3) is 3.61. The van der Waals surface area contributed by atoms with Gasteiger partial charge in [0.15, 0.2) is 0 Å². The SMILES string of the molecule is Cc1oc(C)c(C(=O)NCCCN2CCNCC2)c1C. The summed E-state index contributed by atoms with van der Waals surface area (Å²) < 4.78 is 5.49. The summed E-state index contributed by atoms with van der Waals surface area (Å²) >= 11 is 0. The Morgan fingerprint density at radius 3 is 2.55 bits per heavy atom. The predicted octanol–water partition coefficient (Wildman–Crippen LogP) is 1.23. The Morgan fingerprint density at radius 1 is 1.25 bits per heavy atom. The molecule has 1 aromatic heterocycles. The first kappa shape index (κ1) is 15.1. The average Bonchev–Trinajstić information content (AvgIpc) is 2.69. The van der Waals surface area contributed by atoms with Crippen LogP contribution in [-0.2, 0) is 0 Å². The number of piperazine rings is 1. The Morgan fingerprint density at radius 2 is 1.95 bits per heavy atom. The molecule has 20 heavy (non-hydrogen) atoms. The van der Waals surface area contributed by atoms with Gasteiger partial charge in [-0.1, -0.05) is 0 Å². The summed E-state index contributed by atoms with van der Waals surface area (Å²) in [5.74, 6) is 1.52. The second-order valence-electron chi connectivity index (χ2n) is 5.42. The van der Waals surface area contributed by atoms with Gasteiger partial charge in [0.1, 0.15) is 11.5 Å². The highest BCUT2D eigenvalue weighted by atomic mass is 16.3. The molecule has 5 heteroatoms. The van der Waals surface area contributed by atoms with Crippen molar-refractivity contribution in [3.8, 4) is 0 Å². The fourth-order valence-electron chi connectivity index (χ4n) is 2.66. The van der Waals surface area contributed by atoms with Crippen molar-refractivity contribution in [2.24, 2.45) is 0 Å². The Bertz CT molecular complexity index is 462. The standard InChI is InChI=1S/C15H25N3O2/c1-11-12(2)20-13(3)14(11)15(19)17-5-4-8-18-9-6-16-7-10-18/h16H,4-10H2,1-3H3,(H,17,19). The Kier molecular flexibility index (Phi) is 5.20. The maximum Gasteiger partial charge on any atom is 0.255 e. The Hall–Kier alpha value is -1.33. The van der Waals surface area contributed by atoms with E-state index in [1.165, 1.54) is 0 Å². The van der Waals surface area contributed by atoms with E-state index in [-0.39, 0.29) is 5.91 Å². The van der Waals surface area contributed by atoms with Crippen LogP contribution in [0.3, 0.4) is 0 Å².